The predicted molar refractivity (Wildman–Crippen MR) is 71.5 cm³/mol. The monoisotopic (exact) mass is 282 g/mol. The Morgan fingerprint density at radius 2 is 2.10 bits per heavy atom. The summed E-state index contributed by atoms with van der Waals surface area (Å²) < 4.78 is 9.82. The van der Waals surface area contributed by atoms with Crippen molar-refractivity contribution in [2.24, 2.45) is 11.3 Å². The van der Waals surface area contributed by atoms with Crippen molar-refractivity contribution in [2.75, 3.05) is 33.4 Å². The molecule has 1 aliphatic carbocycles. The number of hydrogen-bond donors (Lipinski definition) is 0. The molecule has 112 valence electrons. The summed E-state index contributed by atoms with van der Waals surface area (Å²) in [6, 6.07) is 2.12. The topological polar surface area (TPSA) is 79.6 Å². The Bertz CT molecular complexity index is 396. The van der Waals surface area contributed by atoms with Crippen LogP contribution in [0.3, 0.4) is 0 Å². The first-order chi connectivity index (χ1) is 9.49. The van der Waals surface area contributed by atoms with Gasteiger partial charge in [0.25, 0.3) is 0 Å². The van der Waals surface area contributed by atoms with Gasteiger partial charge in [-0.3, -0.25) is 9.59 Å². The normalized spacial score (nSPS) is 24.4. The predicted octanol–water partition coefficient (Wildman–Crippen LogP) is 0.964. The fourth-order valence-corrected chi connectivity index (χ4v) is 2.56. The van der Waals surface area contributed by atoms with Gasteiger partial charge in [-0.2, -0.15) is 5.26 Å². The van der Waals surface area contributed by atoms with Crippen LogP contribution in [0.2, 0.25) is 0 Å². The highest BCUT2D eigenvalue weighted by Gasteiger charge is 2.50. The zero-order valence-electron chi connectivity index (χ0n) is 12.3. The van der Waals surface area contributed by atoms with Crippen LogP contribution in [-0.4, -0.2) is 50.2 Å². The maximum Gasteiger partial charge on any atom is 0.325 e. The van der Waals surface area contributed by atoms with E-state index in [0.717, 1.165) is 0 Å². The molecule has 1 amide bonds. The van der Waals surface area contributed by atoms with Gasteiger partial charge in [-0.25, -0.2) is 0 Å². The number of amides is 1. The molecule has 20 heavy (non-hydrogen) atoms. The first-order valence-corrected chi connectivity index (χ1v) is 6.84. The number of ether oxygens (including phenoxy) is 2. The van der Waals surface area contributed by atoms with Gasteiger partial charge in [-0.05, 0) is 25.7 Å². The van der Waals surface area contributed by atoms with Gasteiger partial charge in [0.15, 0.2) is 0 Å². The molecule has 0 bridgehead atoms. The highest BCUT2D eigenvalue weighted by Crippen LogP contribution is 2.46. The third kappa shape index (κ3) is 3.70. The van der Waals surface area contributed by atoms with Crippen molar-refractivity contribution in [1.82, 2.24) is 4.90 Å². The molecule has 1 aliphatic rings. The maximum atomic E-state index is 12.5. The van der Waals surface area contributed by atoms with Gasteiger partial charge in [0.2, 0.25) is 5.91 Å². The van der Waals surface area contributed by atoms with E-state index in [4.69, 9.17) is 9.47 Å². The molecule has 0 atom stereocenters. The Morgan fingerprint density at radius 1 is 1.45 bits per heavy atom. The van der Waals surface area contributed by atoms with Crippen LogP contribution >= 0.6 is 0 Å². The molecule has 0 radical (unpaired) electrons. The van der Waals surface area contributed by atoms with Crippen LogP contribution in [0.25, 0.3) is 0 Å². The Kier molecular flexibility index (Phi) is 5.96. The lowest BCUT2D eigenvalue weighted by Gasteiger charge is -2.42. The summed E-state index contributed by atoms with van der Waals surface area (Å²) in [6.45, 7) is 4.46. The molecule has 1 rings (SSSR count). The van der Waals surface area contributed by atoms with E-state index in [0.29, 0.717) is 25.4 Å². The molecule has 0 aliphatic heterocycles. The molecular weight excluding hydrogens is 260 g/mol. The van der Waals surface area contributed by atoms with Crippen LogP contribution in [0.5, 0.6) is 0 Å². The van der Waals surface area contributed by atoms with Gasteiger partial charge in [0.1, 0.15) is 12.0 Å². The van der Waals surface area contributed by atoms with Gasteiger partial charge in [0.05, 0.1) is 19.3 Å². The Hall–Kier alpha value is -1.61. The van der Waals surface area contributed by atoms with Gasteiger partial charge in [-0.15, -0.1) is 0 Å². The lowest BCUT2D eigenvalue weighted by Crippen LogP contribution is -2.52. The van der Waals surface area contributed by atoms with Crippen LogP contribution in [0.1, 0.15) is 26.7 Å². The van der Waals surface area contributed by atoms with E-state index < -0.39 is 11.4 Å². The molecule has 0 saturated heterocycles. The number of carbonyl (C=O) groups is 2. The average Bonchev–Trinajstić information content (AvgIpc) is 2.39. The number of rotatable bonds is 7. The van der Waals surface area contributed by atoms with E-state index in [-0.39, 0.29) is 25.6 Å². The smallest absolute Gasteiger partial charge is 0.325 e. The highest BCUT2D eigenvalue weighted by atomic mass is 16.5. The molecule has 0 N–H and O–H groups in total. The van der Waals surface area contributed by atoms with Crippen LogP contribution in [0.4, 0.5) is 0 Å². The van der Waals surface area contributed by atoms with Gasteiger partial charge >= 0.3 is 5.97 Å². The summed E-state index contributed by atoms with van der Waals surface area (Å²) in [5.41, 5.74) is -0.973. The van der Waals surface area contributed by atoms with Gasteiger partial charge in [-0.1, -0.05) is 6.92 Å². The van der Waals surface area contributed by atoms with Crippen molar-refractivity contribution in [2.45, 2.75) is 26.7 Å². The van der Waals surface area contributed by atoms with E-state index >= 15 is 0 Å². The minimum Gasteiger partial charge on any atom is -0.465 e. The number of esters is 1. The summed E-state index contributed by atoms with van der Waals surface area (Å²) in [7, 11) is 1.53. The van der Waals surface area contributed by atoms with Crippen molar-refractivity contribution in [3.8, 4) is 6.07 Å². The molecule has 1 saturated carbocycles. The van der Waals surface area contributed by atoms with E-state index in [1.807, 2.05) is 6.92 Å². The van der Waals surface area contributed by atoms with E-state index in [9.17, 15) is 14.9 Å². The molecule has 0 heterocycles. The number of carbonyl (C=O) groups excluding carboxylic acids is 2. The first-order valence-electron chi connectivity index (χ1n) is 6.84. The molecule has 6 nitrogen and oxygen atoms in total. The zero-order valence-corrected chi connectivity index (χ0v) is 12.3. The quantitative estimate of drug-likeness (QED) is 0.650. The van der Waals surface area contributed by atoms with E-state index in [1.165, 1.54) is 12.0 Å². The lowest BCUT2D eigenvalue weighted by atomic mass is 9.62. The first kappa shape index (κ1) is 16.4. The number of nitriles is 1. The van der Waals surface area contributed by atoms with Crippen molar-refractivity contribution < 1.29 is 19.1 Å². The average molecular weight is 282 g/mol. The van der Waals surface area contributed by atoms with E-state index in [2.05, 4.69) is 6.07 Å². The van der Waals surface area contributed by atoms with Crippen molar-refractivity contribution in [3.63, 3.8) is 0 Å². The van der Waals surface area contributed by atoms with Gasteiger partial charge in [0, 0.05) is 13.7 Å². The van der Waals surface area contributed by atoms with Crippen molar-refractivity contribution in [3.05, 3.63) is 0 Å². The van der Waals surface area contributed by atoms with Crippen LogP contribution < -0.4 is 0 Å². The molecular formula is C14H22N2O4. The molecule has 0 aromatic rings. The fraction of sp³-hybridized carbons (Fsp3) is 0.786. The molecule has 0 unspecified atom stereocenters. The molecule has 6 heteroatoms. The number of methoxy groups -OCH3 is 1. The standard InChI is InChI=1S/C14H22N2O4/c1-4-20-12(17)9-16(5-6-19-3)13(18)14(10-15)7-11(2)8-14/h11H,4-9H2,1-3H3. The SMILES string of the molecule is CCOC(=O)CN(CCOC)C(=O)C1(C#N)CC(C)C1. The third-order valence-corrected chi connectivity index (χ3v) is 3.50. The van der Waals surface area contributed by atoms with Crippen LogP contribution in [0.15, 0.2) is 0 Å². The summed E-state index contributed by atoms with van der Waals surface area (Å²) in [5, 5.41) is 9.29. The Labute approximate surface area is 119 Å². The summed E-state index contributed by atoms with van der Waals surface area (Å²) in [5.74, 6) is -0.383. The molecule has 0 aromatic carbocycles. The lowest BCUT2D eigenvalue weighted by molar-refractivity contribution is -0.155. The minimum absolute atomic E-state index is 0.131. The van der Waals surface area contributed by atoms with E-state index in [1.54, 1.807) is 6.92 Å². The minimum atomic E-state index is -0.973. The number of hydrogen-bond acceptors (Lipinski definition) is 5. The van der Waals surface area contributed by atoms with Crippen LogP contribution in [-0.2, 0) is 19.1 Å². The molecule has 0 spiro atoms. The summed E-state index contributed by atoms with van der Waals surface area (Å²) in [4.78, 5) is 25.4. The maximum absolute atomic E-state index is 12.5. The fourth-order valence-electron chi connectivity index (χ4n) is 2.56. The second kappa shape index (κ2) is 7.25. The Balaban J connectivity index is 2.74. The van der Waals surface area contributed by atoms with Gasteiger partial charge < -0.3 is 14.4 Å². The van der Waals surface area contributed by atoms with Crippen LogP contribution in [0, 0.1) is 22.7 Å². The Morgan fingerprint density at radius 3 is 2.55 bits per heavy atom. The van der Waals surface area contributed by atoms with Crippen molar-refractivity contribution in [1.29, 1.82) is 5.26 Å². The summed E-state index contributed by atoms with van der Waals surface area (Å²) in [6.07, 6.45) is 1.10. The zero-order chi connectivity index (χ0) is 15.2. The summed E-state index contributed by atoms with van der Waals surface area (Å²) >= 11 is 0. The van der Waals surface area contributed by atoms with Crippen molar-refractivity contribution >= 4 is 11.9 Å². The molecule has 1 fully saturated rings. The highest BCUT2D eigenvalue weighted by molar-refractivity contribution is 5.89. The molecule has 0 aromatic heterocycles. The second-order valence-electron chi connectivity index (χ2n) is 5.23. The second-order valence-corrected chi connectivity index (χ2v) is 5.23. The third-order valence-electron chi connectivity index (χ3n) is 3.50. The number of nitrogens with zero attached hydrogens (tertiary/aromatic N) is 2. The largest absolute Gasteiger partial charge is 0.465 e.